The van der Waals surface area contributed by atoms with E-state index in [0.29, 0.717) is 19.3 Å². The van der Waals surface area contributed by atoms with E-state index in [1.807, 2.05) is 0 Å². The minimum Gasteiger partial charge on any atom is -0.481 e. The SMILES string of the molecule is C=CCCC(=O)N[C@H]1CCCC[C@H]1C(=O)O. The highest BCUT2D eigenvalue weighted by atomic mass is 16.4. The van der Waals surface area contributed by atoms with E-state index in [-0.39, 0.29) is 11.9 Å². The molecule has 16 heavy (non-hydrogen) atoms. The van der Waals surface area contributed by atoms with Gasteiger partial charge in [0.1, 0.15) is 0 Å². The number of nitrogens with one attached hydrogen (secondary N) is 1. The van der Waals surface area contributed by atoms with Crippen molar-refractivity contribution in [1.29, 1.82) is 0 Å². The van der Waals surface area contributed by atoms with Crippen LogP contribution in [0.5, 0.6) is 0 Å². The van der Waals surface area contributed by atoms with Gasteiger partial charge in [-0.3, -0.25) is 9.59 Å². The lowest BCUT2D eigenvalue weighted by Crippen LogP contribution is -2.45. The number of allylic oxidation sites excluding steroid dienone is 1. The molecule has 1 aliphatic rings. The van der Waals surface area contributed by atoms with Crippen molar-refractivity contribution in [1.82, 2.24) is 5.32 Å². The molecule has 4 heteroatoms. The van der Waals surface area contributed by atoms with Gasteiger partial charge < -0.3 is 10.4 Å². The van der Waals surface area contributed by atoms with Crippen LogP contribution < -0.4 is 5.32 Å². The number of carboxylic acids is 1. The summed E-state index contributed by atoms with van der Waals surface area (Å²) < 4.78 is 0. The predicted molar refractivity (Wildman–Crippen MR) is 61.0 cm³/mol. The summed E-state index contributed by atoms with van der Waals surface area (Å²) >= 11 is 0. The van der Waals surface area contributed by atoms with Gasteiger partial charge in [0.15, 0.2) is 0 Å². The minimum atomic E-state index is -0.797. The standard InChI is InChI=1S/C12H19NO3/c1-2-3-8-11(14)13-10-7-5-4-6-9(10)12(15)16/h2,9-10H,1,3-8H2,(H,13,14)(H,15,16)/t9-,10+/m1/s1. The third-order valence-electron chi connectivity index (χ3n) is 3.01. The van der Waals surface area contributed by atoms with Crippen molar-refractivity contribution in [2.75, 3.05) is 0 Å². The molecule has 1 saturated carbocycles. The van der Waals surface area contributed by atoms with Crippen LogP contribution in [0.4, 0.5) is 0 Å². The normalized spacial score (nSPS) is 24.8. The Morgan fingerprint density at radius 3 is 2.69 bits per heavy atom. The number of carbonyl (C=O) groups excluding carboxylic acids is 1. The Morgan fingerprint density at radius 1 is 1.38 bits per heavy atom. The Balaban J connectivity index is 2.46. The molecule has 0 aromatic rings. The fraction of sp³-hybridized carbons (Fsp3) is 0.667. The van der Waals surface area contributed by atoms with Crippen molar-refractivity contribution >= 4 is 11.9 Å². The van der Waals surface area contributed by atoms with E-state index in [1.165, 1.54) is 0 Å². The van der Waals surface area contributed by atoms with E-state index in [0.717, 1.165) is 19.3 Å². The Kier molecular flexibility index (Phi) is 5.02. The highest BCUT2D eigenvalue weighted by Gasteiger charge is 2.31. The van der Waals surface area contributed by atoms with Crippen LogP contribution in [0, 0.1) is 5.92 Å². The molecule has 2 N–H and O–H groups in total. The van der Waals surface area contributed by atoms with Gasteiger partial charge in [0.2, 0.25) is 5.91 Å². The van der Waals surface area contributed by atoms with E-state index in [2.05, 4.69) is 11.9 Å². The zero-order valence-corrected chi connectivity index (χ0v) is 9.45. The Bertz CT molecular complexity index is 275. The molecule has 0 spiro atoms. The highest BCUT2D eigenvalue weighted by Crippen LogP contribution is 2.24. The molecule has 0 aromatic heterocycles. The van der Waals surface area contributed by atoms with Gasteiger partial charge in [0, 0.05) is 12.5 Å². The zero-order valence-electron chi connectivity index (χ0n) is 9.45. The lowest BCUT2D eigenvalue weighted by molar-refractivity contribution is -0.144. The molecule has 0 heterocycles. The molecule has 0 saturated heterocycles. The van der Waals surface area contributed by atoms with Crippen LogP contribution in [-0.4, -0.2) is 23.0 Å². The van der Waals surface area contributed by atoms with Crippen molar-refractivity contribution in [2.24, 2.45) is 5.92 Å². The first-order valence-electron chi connectivity index (χ1n) is 5.78. The zero-order chi connectivity index (χ0) is 12.0. The number of aliphatic carboxylic acids is 1. The van der Waals surface area contributed by atoms with Crippen LogP contribution in [0.2, 0.25) is 0 Å². The average molecular weight is 225 g/mol. The van der Waals surface area contributed by atoms with Crippen LogP contribution in [0.15, 0.2) is 12.7 Å². The van der Waals surface area contributed by atoms with Gasteiger partial charge in [-0.2, -0.15) is 0 Å². The van der Waals surface area contributed by atoms with Crippen LogP contribution in [-0.2, 0) is 9.59 Å². The molecule has 2 atom stereocenters. The maximum atomic E-state index is 11.5. The largest absolute Gasteiger partial charge is 0.481 e. The van der Waals surface area contributed by atoms with Crippen molar-refractivity contribution in [2.45, 2.75) is 44.6 Å². The maximum absolute atomic E-state index is 11.5. The number of amides is 1. The lowest BCUT2D eigenvalue weighted by Gasteiger charge is -2.29. The van der Waals surface area contributed by atoms with Gasteiger partial charge in [-0.05, 0) is 19.3 Å². The second kappa shape index (κ2) is 6.30. The van der Waals surface area contributed by atoms with Gasteiger partial charge >= 0.3 is 5.97 Å². The number of carboxylic acid groups (broad SMARTS) is 1. The molecule has 1 aliphatic carbocycles. The van der Waals surface area contributed by atoms with Gasteiger partial charge in [0.05, 0.1) is 5.92 Å². The summed E-state index contributed by atoms with van der Waals surface area (Å²) in [4.78, 5) is 22.5. The number of hydrogen-bond acceptors (Lipinski definition) is 2. The molecular weight excluding hydrogens is 206 g/mol. The van der Waals surface area contributed by atoms with Crippen molar-refractivity contribution in [3.8, 4) is 0 Å². The summed E-state index contributed by atoms with van der Waals surface area (Å²) in [5.41, 5.74) is 0. The Morgan fingerprint density at radius 2 is 2.06 bits per heavy atom. The van der Waals surface area contributed by atoms with Crippen LogP contribution in [0.3, 0.4) is 0 Å². The molecule has 0 bridgehead atoms. The number of rotatable bonds is 5. The molecule has 1 fully saturated rings. The molecule has 0 aliphatic heterocycles. The minimum absolute atomic E-state index is 0.0713. The first kappa shape index (κ1) is 12.7. The molecular formula is C12H19NO3. The van der Waals surface area contributed by atoms with Gasteiger partial charge in [-0.1, -0.05) is 18.9 Å². The summed E-state index contributed by atoms with van der Waals surface area (Å²) in [6.07, 6.45) is 6.10. The number of hydrogen-bond donors (Lipinski definition) is 2. The second-order valence-corrected chi connectivity index (χ2v) is 4.23. The molecule has 0 aromatic carbocycles. The summed E-state index contributed by atoms with van der Waals surface area (Å²) in [6.45, 7) is 3.55. The maximum Gasteiger partial charge on any atom is 0.308 e. The predicted octanol–water partition coefficient (Wildman–Crippen LogP) is 1.71. The molecule has 0 radical (unpaired) electrons. The van der Waals surface area contributed by atoms with Crippen molar-refractivity contribution < 1.29 is 14.7 Å². The highest BCUT2D eigenvalue weighted by molar-refractivity contribution is 5.78. The van der Waals surface area contributed by atoms with Gasteiger partial charge in [-0.25, -0.2) is 0 Å². The monoisotopic (exact) mass is 225 g/mol. The van der Waals surface area contributed by atoms with E-state index in [4.69, 9.17) is 5.11 Å². The van der Waals surface area contributed by atoms with Crippen molar-refractivity contribution in [3.63, 3.8) is 0 Å². The first-order chi connectivity index (χ1) is 7.65. The molecule has 4 nitrogen and oxygen atoms in total. The Labute approximate surface area is 95.7 Å². The van der Waals surface area contributed by atoms with E-state index < -0.39 is 11.9 Å². The fourth-order valence-corrected chi connectivity index (χ4v) is 2.11. The third-order valence-corrected chi connectivity index (χ3v) is 3.01. The van der Waals surface area contributed by atoms with Gasteiger partial charge in [0.25, 0.3) is 0 Å². The topological polar surface area (TPSA) is 66.4 Å². The molecule has 90 valence electrons. The number of carbonyl (C=O) groups is 2. The van der Waals surface area contributed by atoms with Gasteiger partial charge in [-0.15, -0.1) is 6.58 Å². The van der Waals surface area contributed by atoms with Crippen molar-refractivity contribution in [3.05, 3.63) is 12.7 Å². The smallest absolute Gasteiger partial charge is 0.308 e. The summed E-state index contributed by atoms with van der Waals surface area (Å²) in [5.74, 6) is -1.28. The van der Waals surface area contributed by atoms with E-state index in [1.54, 1.807) is 6.08 Å². The average Bonchev–Trinajstić information content (AvgIpc) is 2.27. The van der Waals surface area contributed by atoms with Crippen LogP contribution in [0.25, 0.3) is 0 Å². The quantitative estimate of drug-likeness (QED) is 0.700. The third kappa shape index (κ3) is 3.68. The van der Waals surface area contributed by atoms with E-state index >= 15 is 0 Å². The first-order valence-corrected chi connectivity index (χ1v) is 5.78. The molecule has 0 unspecified atom stereocenters. The Hall–Kier alpha value is -1.32. The summed E-state index contributed by atoms with van der Waals surface area (Å²) in [6, 6.07) is -0.191. The summed E-state index contributed by atoms with van der Waals surface area (Å²) in [7, 11) is 0. The lowest BCUT2D eigenvalue weighted by atomic mass is 9.84. The summed E-state index contributed by atoms with van der Waals surface area (Å²) in [5, 5.41) is 11.8. The molecule has 1 rings (SSSR count). The molecule has 1 amide bonds. The van der Waals surface area contributed by atoms with E-state index in [9.17, 15) is 9.59 Å². The van der Waals surface area contributed by atoms with Crippen LogP contribution >= 0.6 is 0 Å². The second-order valence-electron chi connectivity index (χ2n) is 4.23. The fourth-order valence-electron chi connectivity index (χ4n) is 2.11. The van der Waals surface area contributed by atoms with Crippen LogP contribution in [0.1, 0.15) is 38.5 Å².